The van der Waals surface area contributed by atoms with Crippen LogP contribution in [0.2, 0.25) is 15.1 Å². The summed E-state index contributed by atoms with van der Waals surface area (Å²) in [5, 5.41) is 3.29. The van der Waals surface area contributed by atoms with Gasteiger partial charge in [0.25, 0.3) is 5.91 Å². The Kier molecular flexibility index (Phi) is 6.31. The molecule has 0 aliphatic carbocycles. The average molecular weight is 518 g/mol. The largest absolute Gasteiger partial charge is 0.457 e. The van der Waals surface area contributed by atoms with Gasteiger partial charge in [0.1, 0.15) is 11.5 Å². The molecule has 0 spiro atoms. The molecule has 4 rings (SSSR count). The first-order valence-electron chi connectivity index (χ1n) is 8.82. The van der Waals surface area contributed by atoms with Gasteiger partial charge in [0, 0.05) is 21.7 Å². The fourth-order valence-corrected chi connectivity index (χ4v) is 4.18. The van der Waals surface area contributed by atoms with Gasteiger partial charge < -0.3 is 9.73 Å². The Balaban J connectivity index is 1.60. The van der Waals surface area contributed by atoms with Crippen molar-refractivity contribution < 1.29 is 22.4 Å². The van der Waals surface area contributed by atoms with Crippen LogP contribution in [0.3, 0.4) is 0 Å². The van der Waals surface area contributed by atoms with Crippen LogP contribution in [-0.2, 0) is 11.0 Å². The summed E-state index contributed by atoms with van der Waals surface area (Å²) in [6.45, 7) is 0. The molecule has 1 fully saturated rings. The van der Waals surface area contributed by atoms with Crippen LogP contribution >= 0.6 is 46.6 Å². The second-order valence-electron chi connectivity index (χ2n) is 6.47. The summed E-state index contributed by atoms with van der Waals surface area (Å²) in [6, 6.07) is 11.4. The zero-order chi connectivity index (χ0) is 23.0. The van der Waals surface area contributed by atoms with Crippen LogP contribution in [-0.4, -0.2) is 11.1 Å². The second kappa shape index (κ2) is 8.86. The number of hydrogen-bond donors (Lipinski definition) is 1. The SMILES string of the molecule is O=C1NC(=Nc2ccc(Cl)cc2C(F)(F)F)S/C1=C/c1ccc(-c2cc(Cl)ccc2Cl)o1. The molecular formula is C21H10Cl3F3N2O2S. The Morgan fingerprint density at radius 2 is 1.72 bits per heavy atom. The van der Waals surface area contributed by atoms with Crippen molar-refractivity contribution in [1.29, 1.82) is 0 Å². The van der Waals surface area contributed by atoms with E-state index in [0.717, 1.165) is 23.9 Å². The highest BCUT2D eigenvalue weighted by atomic mass is 35.5. The molecule has 0 atom stereocenters. The van der Waals surface area contributed by atoms with Crippen LogP contribution < -0.4 is 5.32 Å². The zero-order valence-electron chi connectivity index (χ0n) is 15.6. The molecule has 2 heterocycles. The molecule has 1 saturated heterocycles. The first kappa shape index (κ1) is 22.8. The van der Waals surface area contributed by atoms with Gasteiger partial charge in [-0.25, -0.2) is 4.99 Å². The van der Waals surface area contributed by atoms with Crippen LogP contribution in [0.5, 0.6) is 0 Å². The molecule has 164 valence electrons. The number of amidine groups is 1. The molecule has 32 heavy (non-hydrogen) atoms. The first-order valence-corrected chi connectivity index (χ1v) is 10.8. The lowest BCUT2D eigenvalue weighted by Gasteiger charge is -2.10. The number of hydrogen-bond acceptors (Lipinski definition) is 4. The maximum atomic E-state index is 13.3. The van der Waals surface area contributed by atoms with Gasteiger partial charge in [-0.3, -0.25) is 4.79 Å². The highest BCUT2D eigenvalue weighted by Crippen LogP contribution is 2.39. The highest BCUT2D eigenvalue weighted by molar-refractivity contribution is 8.18. The summed E-state index contributed by atoms with van der Waals surface area (Å²) in [4.78, 5) is 16.4. The van der Waals surface area contributed by atoms with Gasteiger partial charge in [-0.15, -0.1) is 0 Å². The van der Waals surface area contributed by atoms with E-state index in [1.54, 1.807) is 30.3 Å². The fourth-order valence-electron chi connectivity index (χ4n) is 2.81. The third-order valence-corrected chi connectivity index (χ3v) is 5.94. The number of benzene rings is 2. The van der Waals surface area contributed by atoms with Crippen molar-refractivity contribution in [1.82, 2.24) is 5.32 Å². The van der Waals surface area contributed by atoms with Crippen molar-refractivity contribution in [3.8, 4) is 11.3 Å². The molecule has 4 nitrogen and oxygen atoms in total. The molecule has 1 amide bonds. The first-order chi connectivity index (χ1) is 15.1. The van der Waals surface area contributed by atoms with E-state index in [4.69, 9.17) is 39.2 Å². The van der Waals surface area contributed by atoms with E-state index in [1.807, 2.05) is 0 Å². The molecule has 3 aromatic rings. The predicted octanol–water partition coefficient (Wildman–Crippen LogP) is 7.82. The summed E-state index contributed by atoms with van der Waals surface area (Å²) < 4.78 is 45.6. The zero-order valence-corrected chi connectivity index (χ0v) is 18.7. The number of aliphatic imine (C=N–C) groups is 1. The van der Waals surface area contributed by atoms with Gasteiger partial charge in [0.2, 0.25) is 0 Å². The lowest BCUT2D eigenvalue weighted by molar-refractivity contribution is -0.137. The summed E-state index contributed by atoms with van der Waals surface area (Å²) in [7, 11) is 0. The maximum absolute atomic E-state index is 13.3. The molecule has 1 aromatic heterocycles. The summed E-state index contributed by atoms with van der Waals surface area (Å²) in [6.07, 6.45) is -3.20. The molecule has 0 unspecified atom stereocenters. The van der Waals surface area contributed by atoms with Gasteiger partial charge in [0.05, 0.1) is 21.2 Å². The molecule has 0 saturated carbocycles. The lowest BCUT2D eigenvalue weighted by atomic mass is 10.2. The van der Waals surface area contributed by atoms with Gasteiger partial charge in [-0.05, 0) is 60.3 Å². The number of alkyl halides is 3. The molecule has 2 aromatic carbocycles. The van der Waals surface area contributed by atoms with E-state index in [0.29, 0.717) is 27.1 Å². The quantitative estimate of drug-likeness (QED) is 0.360. The summed E-state index contributed by atoms with van der Waals surface area (Å²) >= 11 is 18.7. The molecule has 0 bridgehead atoms. The van der Waals surface area contributed by atoms with Gasteiger partial charge in [-0.2, -0.15) is 13.2 Å². The Morgan fingerprint density at radius 3 is 2.47 bits per heavy atom. The topological polar surface area (TPSA) is 54.6 Å². The summed E-state index contributed by atoms with van der Waals surface area (Å²) in [5.41, 5.74) is -0.780. The molecule has 1 aliphatic heterocycles. The number of carbonyl (C=O) groups excluding carboxylic acids is 1. The van der Waals surface area contributed by atoms with E-state index in [1.165, 1.54) is 12.1 Å². The monoisotopic (exact) mass is 516 g/mol. The minimum atomic E-state index is -4.65. The minimum absolute atomic E-state index is 0.00117. The van der Waals surface area contributed by atoms with E-state index in [2.05, 4.69) is 10.3 Å². The van der Waals surface area contributed by atoms with Gasteiger partial charge >= 0.3 is 6.18 Å². The lowest BCUT2D eigenvalue weighted by Crippen LogP contribution is -2.19. The van der Waals surface area contributed by atoms with E-state index in [-0.39, 0.29) is 20.8 Å². The van der Waals surface area contributed by atoms with Crippen LogP contribution in [0.1, 0.15) is 11.3 Å². The number of nitrogens with one attached hydrogen (secondary N) is 1. The minimum Gasteiger partial charge on any atom is -0.457 e. The van der Waals surface area contributed by atoms with E-state index >= 15 is 0 Å². The molecule has 1 N–H and O–H groups in total. The third-order valence-electron chi connectivity index (χ3n) is 4.23. The second-order valence-corrected chi connectivity index (χ2v) is 8.78. The van der Waals surface area contributed by atoms with Gasteiger partial charge in [0.15, 0.2) is 5.17 Å². The number of amides is 1. The fraction of sp³-hybridized carbons (Fsp3) is 0.0476. The van der Waals surface area contributed by atoms with Crippen molar-refractivity contribution in [2.24, 2.45) is 4.99 Å². The molecule has 1 aliphatic rings. The highest BCUT2D eigenvalue weighted by Gasteiger charge is 2.34. The van der Waals surface area contributed by atoms with Crippen LogP contribution in [0.4, 0.5) is 18.9 Å². The van der Waals surface area contributed by atoms with E-state index < -0.39 is 17.6 Å². The Labute approximate surface area is 199 Å². The maximum Gasteiger partial charge on any atom is 0.418 e. The van der Waals surface area contributed by atoms with Crippen LogP contribution in [0.15, 0.2) is 62.8 Å². The van der Waals surface area contributed by atoms with Crippen molar-refractivity contribution in [2.75, 3.05) is 0 Å². The average Bonchev–Trinajstić information content (AvgIpc) is 3.31. The van der Waals surface area contributed by atoms with Crippen molar-refractivity contribution in [2.45, 2.75) is 6.18 Å². The van der Waals surface area contributed by atoms with Gasteiger partial charge in [-0.1, -0.05) is 34.8 Å². The number of rotatable bonds is 3. The van der Waals surface area contributed by atoms with Crippen LogP contribution in [0.25, 0.3) is 17.4 Å². The van der Waals surface area contributed by atoms with Crippen molar-refractivity contribution in [3.63, 3.8) is 0 Å². The standard InChI is InChI=1S/C21H10Cl3F3N2O2S/c22-10-1-4-15(24)13(7-10)17-6-3-12(31-17)9-18-19(30)29-20(32-18)28-16-5-2-11(23)8-14(16)21(25,26)27/h1-9H,(H,28,29,30)/b18-9+. The molecule has 0 radical (unpaired) electrons. The predicted molar refractivity (Wildman–Crippen MR) is 121 cm³/mol. The number of nitrogens with zero attached hydrogens (tertiary/aromatic N) is 1. The normalized spacial score (nSPS) is 16.8. The Bertz CT molecular complexity index is 1290. The summed E-state index contributed by atoms with van der Waals surface area (Å²) in [5.74, 6) is 0.269. The van der Waals surface area contributed by atoms with Crippen molar-refractivity contribution in [3.05, 3.63) is 79.8 Å². The smallest absolute Gasteiger partial charge is 0.418 e. The van der Waals surface area contributed by atoms with E-state index in [9.17, 15) is 18.0 Å². The molecule has 11 heteroatoms. The third kappa shape index (κ3) is 4.99. The molecular weight excluding hydrogens is 508 g/mol. The van der Waals surface area contributed by atoms with Crippen LogP contribution in [0, 0.1) is 0 Å². The van der Waals surface area contributed by atoms with Crippen molar-refractivity contribution >= 4 is 69.4 Å². The number of furan rings is 1. The number of halogens is 6. The Morgan fingerprint density at radius 1 is 1.00 bits per heavy atom. The number of carbonyl (C=O) groups is 1. The Hall–Kier alpha value is -2.39. The number of thioether (sulfide) groups is 1.